The second kappa shape index (κ2) is 8.28. The van der Waals surface area contributed by atoms with E-state index in [-0.39, 0.29) is 29.3 Å². The van der Waals surface area contributed by atoms with Crippen molar-refractivity contribution in [3.05, 3.63) is 82.6 Å². The Morgan fingerprint density at radius 1 is 1.00 bits per heavy atom. The molecular formula is C20H19N3O4S. The first-order valence-electron chi connectivity index (χ1n) is 8.61. The van der Waals surface area contributed by atoms with Crippen molar-refractivity contribution in [3.8, 4) is 11.3 Å². The molecule has 0 unspecified atom stereocenters. The maximum absolute atomic E-state index is 12.4. The van der Waals surface area contributed by atoms with Gasteiger partial charge in [-0.2, -0.15) is 5.10 Å². The molecular weight excluding hydrogens is 378 g/mol. The molecule has 2 aromatic carbocycles. The molecule has 1 aromatic heterocycles. The molecule has 0 radical (unpaired) electrons. The van der Waals surface area contributed by atoms with Crippen molar-refractivity contribution in [2.24, 2.45) is 0 Å². The van der Waals surface area contributed by atoms with Crippen LogP contribution in [0.25, 0.3) is 11.3 Å². The van der Waals surface area contributed by atoms with Crippen LogP contribution < -0.4 is 10.3 Å². The van der Waals surface area contributed by atoms with Crippen LogP contribution in [0.1, 0.15) is 17.3 Å². The summed E-state index contributed by atoms with van der Waals surface area (Å²) in [7, 11) is -3.75. The van der Waals surface area contributed by atoms with Crippen molar-refractivity contribution in [2.45, 2.75) is 18.4 Å². The molecule has 0 aliphatic carbocycles. The number of aromatic nitrogens is 2. The van der Waals surface area contributed by atoms with E-state index >= 15 is 0 Å². The van der Waals surface area contributed by atoms with Crippen LogP contribution in [-0.2, 0) is 16.6 Å². The van der Waals surface area contributed by atoms with Crippen molar-refractivity contribution in [1.82, 2.24) is 14.5 Å². The maximum Gasteiger partial charge on any atom is 0.266 e. The minimum absolute atomic E-state index is 0.00193. The number of nitrogens with zero attached hydrogens (tertiary/aromatic N) is 2. The summed E-state index contributed by atoms with van der Waals surface area (Å²) in [5.41, 5.74) is 1.61. The first-order valence-corrected chi connectivity index (χ1v) is 10.1. The van der Waals surface area contributed by atoms with E-state index in [9.17, 15) is 18.0 Å². The number of rotatable bonds is 7. The fraction of sp³-hybridized carbons (Fsp3) is 0.150. The summed E-state index contributed by atoms with van der Waals surface area (Å²) >= 11 is 0. The number of nitrogens with one attached hydrogen (secondary N) is 1. The van der Waals surface area contributed by atoms with Gasteiger partial charge in [0.05, 0.1) is 17.1 Å². The van der Waals surface area contributed by atoms with E-state index in [2.05, 4.69) is 9.82 Å². The molecule has 7 nitrogen and oxygen atoms in total. The lowest BCUT2D eigenvalue weighted by Crippen LogP contribution is -2.32. The highest BCUT2D eigenvalue weighted by atomic mass is 32.2. The van der Waals surface area contributed by atoms with Gasteiger partial charge < -0.3 is 0 Å². The van der Waals surface area contributed by atoms with Gasteiger partial charge >= 0.3 is 0 Å². The summed E-state index contributed by atoms with van der Waals surface area (Å²) in [6, 6.07) is 18.1. The number of carbonyl (C=O) groups excluding carboxylic acids is 1. The van der Waals surface area contributed by atoms with E-state index in [1.165, 1.54) is 41.9 Å². The van der Waals surface area contributed by atoms with Gasteiger partial charge in [-0.05, 0) is 25.1 Å². The number of Topliss-reactive ketones (excluding diaryl/α,β-unsaturated/α-hetero) is 1. The number of ketones is 1. The smallest absolute Gasteiger partial charge is 0.266 e. The lowest BCUT2D eigenvalue weighted by Gasteiger charge is -2.09. The number of carbonyl (C=O) groups is 1. The summed E-state index contributed by atoms with van der Waals surface area (Å²) in [6.07, 6.45) is 0. The second-order valence-corrected chi connectivity index (χ2v) is 7.89. The van der Waals surface area contributed by atoms with E-state index in [4.69, 9.17) is 0 Å². The zero-order valence-corrected chi connectivity index (χ0v) is 16.0. The quantitative estimate of drug-likeness (QED) is 0.616. The summed E-state index contributed by atoms with van der Waals surface area (Å²) in [4.78, 5) is 23.4. The minimum Gasteiger partial charge on any atom is -0.295 e. The molecule has 0 spiro atoms. The summed E-state index contributed by atoms with van der Waals surface area (Å²) in [5.74, 6) is -0.138. The van der Waals surface area contributed by atoms with Crippen molar-refractivity contribution < 1.29 is 13.2 Å². The number of sulfonamides is 1. The van der Waals surface area contributed by atoms with Crippen molar-refractivity contribution in [2.75, 3.05) is 6.54 Å². The van der Waals surface area contributed by atoms with Crippen molar-refractivity contribution in [3.63, 3.8) is 0 Å². The van der Waals surface area contributed by atoms with Crippen LogP contribution >= 0.6 is 0 Å². The van der Waals surface area contributed by atoms with Crippen LogP contribution in [0.3, 0.4) is 0 Å². The van der Waals surface area contributed by atoms with Gasteiger partial charge in [0.15, 0.2) is 5.78 Å². The monoisotopic (exact) mass is 397 g/mol. The predicted octanol–water partition coefficient (Wildman–Crippen LogP) is 2.09. The van der Waals surface area contributed by atoms with Gasteiger partial charge in [0.1, 0.15) is 0 Å². The summed E-state index contributed by atoms with van der Waals surface area (Å²) in [5, 5.41) is 4.30. The van der Waals surface area contributed by atoms with Gasteiger partial charge in [-0.1, -0.05) is 42.5 Å². The van der Waals surface area contributed by atoms with Crippen LogP contribution in [0.5, 0.6) is 0 Å². The summed E-state index contributed by atoms with van der Waals surface area (Å²) < 4.78 is 28.4. The van der Waals surface area contributed by atoms with E-state index in [1.54, 1.807) is 6.07 Å². The maximum atomic E-state index is 12.4. The largest absolute Gasteiger partial charge is 0.295 e. The third-order valence-electron chi connectivity index (χ3n) is 4.12. The highest BCUT2D eigenvalue weighted by Crippen LogP contribution is 2.14. The number of benzene rings is 2. The lowest BCUT2D eigenvalue weighted by molar-refractivity contribution is 0.101. The molecule has 3 aromatic rings. The average Bonchev–Trinajstić information content (AvgIpc) is 2.70. The van der Waals surface area contributed by atoms with Crippen LogP contribution in [0.4, 0.5) is 0 Å². The van der Waals surface area contributed by atoms with Gasteiger partial charge in [0.2, 0.25) is 10.0 Å². The van der Waals surface area contributed by atoms with Crippen LogP contribution in [0.15, 0.2) is 76.4 Å². The van der Waals surface area contributed by atoms with Gasteiger partial charge in [-0.25, -0.2) is 17.8 Å². The molecule has 1 heterocycles. The normalized spacial score (nSPS) is 11.3. The fourth-order valence-electron chi connectivity index (χ4n) is 2.61. The molecule has 0 saturated carbocycles. The van der Waals surface area contributed by atoms with E-state index in [0.29, 0.717) is 11.3 Å². The number of hydrogen-bond donors (Lipinski definition) is 1. The Hall–Kier alpha value is -3.10. The van der Waals surface area contributed by atoms with Gasteiger partial charge in [0, 0.05) is 23.7 Å². The molecule has 0 fully saturated rings. The fourth-order valence-corrected chi connectivity index (χ4v) is 3.63. The topological polar surface area (TPSA) is 98.1 Å². The third kappa shape index (κ3) is 4.59. The number of hydrogen-bond acceptors (Lipinski definition) is 5. The van der Waals surface area contributed by atoms with Gasteiger partial charge in [-0.3, -0.25) is 9.59 Å². The van der Waals surface area contributed by atoms with Crippen molar-refractivity contribution >= 4 is 15.8 Å². The Bertz CT molecular complexity index is 1140. The highest BCUT2D eigenvalue weighted by molar-refractivity contribution is 7.89. The van der Waals surface area contributed by atoms with Crippen LogP contribution in [0.2, 0.25) is 0 Å². The molecule has 0 atom stereocenters. The lowest BCUT2D eigenvalue weighted by atomic mass is 10.1. The van der Waals surface area contributed by atoms with Crippen LogP contribution in [-0.4, -0.2) is 30.5 Å². The molecule has 0 aliphatic heterocycles. The van der Waals surface area contributed by atoms with E-state index < -0.39 is 10.0 Å². The zero-order chi connectivity index (χ0) is 20.1. The Kier molecular flexibility index (Phi) is 5.81. The van der Waals surface area contributed by atoms with Gasteiger partial charge in [-0.15, -0.1) is 0 Å². The Labute approximate surface area is 162 Å². The molecule has 0 bridgehead atoms. The molecule has 0 aliphatic rings. The molecule has 0 saturated heterocycles. The molecule has 28 heavy (non-hydrogen) atoms. The third-order valence-corrected chi connectivity index (χ3v) is 5.60. The minimum atomic E-state index is -3.75. The first-order chi connectivity index (χ1) is 13.4. The zero-order valence-electron chi connectivity index (χ0n) is 15.2. The van der Waals surface area contributed by atoms with E-state index in [1.807, 2.05) is 30.3 Å². The Morgan fingerprint density at radius 3 is 2.32 bits per heavy atom. The summed E-state index contributed by atoms with van der Waals surface area (Å²) in [6.45, 7) is 1.50. The molecule has 144 valence electrons. The molecule has 1 N–H and O–H groups in total. The highest BCUT2D eigenvalue weighted by Gasteiger charge is 2.14. The molecule has 8 heteroatoms. The first kappa shape index (κ1) is 19.7. The SMILES string of the molecule is CC(=O)c1ccc(S(=O)(=O)NCCn2nc(-c3ccccc3)ccc2=O)cc1. The van der Waals surface area contributed by atoms with Crippen molar-refractivity contribution in [1.29, 1.82) is 0 Å². The van der Waals surface area contributed by atoms with E-state index in [0.717, 1.165) is 5.56 Å². The van der Waals surface area contributed by atoms with Crippen LogP contribution in [0, 0.1) is 0 Å². The van der Waals surface area contributed by atoms with Gasteiger partial charge in [0.25, 0.3) is 5.56 Å². The standard InChI is InChI=1S/C20H19N3O4S/c1-15(24)16-7-9-18(10-8-16)28(26,27)21-13-14-23-20(25)12-11-19(22-23)17-5-3-2-4-6-17/h2-12,21H,13-14H2,1H3. The predicted molar refractivity (Wildman–Crippen MR) is 106 cm³/mol. The second-order valence-electron chi connectivity index (χ2n) is 6.12. The Balaban J connectivity index is 1.70. The average molecular weight is 397 g/mol. The Morgan fingerprint density at radius 2 is 1.68 bits per heavy atom. The molecule has 0 amide bonds. The molecule has 3 rings (SSSR count).